The second kappa shape index (κ2) is 12.2. The van der Waals surface area contributed by atoms with Gasteiger partial charge in [0.1, 0.15) is 41.9 Å². The highest BCUT2D eigenvalue weighted by molar-refractivity contribution is 7.61. The van der Waals surface area contributed by atoms with E-state index in [0.717, 1.165) is 0 Å². The highest BCUT2D eigenvalue weighted by Gasteiger charge is 2.49. The van der Waals surface area contributed by atoms with Crippen molar-refractivity contribution in [3.63, 3.8) is 0 Å². The molecule has 0 radical (unpaired) electrons. The van der Waals surface area contributed by atoms with E-state index < -0.39 is 77.7 Å². The van der Waals surface area contributed by atoms with Gasteiger partial charge >= 0.3 is 15.6 Å². The zero-order valence-electron chi connectivity index (χ0n) is 21.9. The number of aliphatic hydroxyl groups excluding tert-OH is 3. The number of nitrogens with two attached hydrogens (primary N) is 2. The number of aromatic nitrogens is 5. The Hall–Kier alpha value is -2.97. The summed E-state index contributed by atoms with van der Waals surface area (Å²) in [7, 11) is -10.6. The predicted molar refractivity (Wildman–Crippen MR) is 138 cm³/mol. The van der Waals surface area contributed by atoms with Crippen LogP contribution in [0, 0.1) is 0 Å². The van der Waals surface area contributed by atoms with E-state index in [1.165, 1.54) is 46.3 Å². The van der Waals surface area contributed by atoms with Crippen molar-refractivity contribution >= 4 is 38.5 Å². The van der Waals surface area contributed by atoms with E-state index in [2.05, 4.69) is 19.3 Å². The van der Waals surface area contributed by atoms with Crippen molar-refractivity contribution < 1.29 is 66.4 Å². The van der Waals surface area contributed by atoms with Crippen LogP contribution >= 0.6 is 15.6 Å². The Morgan fingerprint density at radius 2 is 1.77 bits per heavy atom. The molecule has 5 rings (SSSR count). The second-order valence-corrected chi connectivity index (χ2v) is 12.6. The fraction of sp³-hybridized carbons (Fsp3) is 0.476. The number of nitrogens with zero attached hydrogens (tertiary/aromatic N) is 5. The monoisotopic (exact) mass is 648 g/mol. The number of aliphatic hydroxyl groups is 3. The molecule has 3 aromatic rings. The molecule has 0 saturated carbocycles. The first-order chi connectivity index (χ1) is 20.2. The fourth-order valence-electron chi connectivity index (χ4n) is 4.54. The number of rotatable bonds is 11. The second-order valence-electron chi connectivity index (χ2n) is 9.58. The largest absolute Gasteiger partial charge is 0.481 e. The van der Waals surface area contributed by atoms with Crippen molar-refractivity contribution in [3.05, 3.63) is 42.7 Å². The van der Waals surface area contributed by atoms with Crippen LogP contribution in [0.3, 0.4) is 0 Å². The Labute approximate surface area is 241 Å². The number of hydrogen-bond donors (Lipinski definition) is 7. The molecular weight excluding hydrogens is 620 g/mol. The fourth-order valence-corrected chi connectivity index (χ4v) is 6.63. The Bertz CT molecular complexity index is 1590. The van der Waals surface area contributed by atoms with Gasteiger partial charge < -0.3 is 46.0 Å². The molecule has 0 spiro atoms. The summed E-state index contributed by atoms with van der Waals surface area (Å²) in [5.41, 5.74) is 11.7. The van der Waals surface area contributed by atoms with Crippen molar-refractivity contribution in [1.29, 1.82) is 0 Å². The molecule has 2 aliphatic rings. The Kier molecular flexibility index (Phi) is 8.92. The molecule has 9 N–H and O–H groups in total. The number of carbonyl (C=O) groups is 1. The lowest BCUT2D eigenvalue weighted by molar-refractivity contribution is -0.765. The van der Waals surface area contributed by atoms with Gasteiger partial charge in [0, 0.05) is 12.5 Å². The minimum Gasteiger partial charge on any atom is -0.390 e. The van der Waals surface area contributed by atoms with Crippen molar-refractivity contribution in [3.8, 4) is 0 Å². The number of anilines is 1. The summed E-state index contributed by atoms with van der Waals surface area (Å²) in [6, 6.07) is 2.86. The average Bonchev–Trinajstić information content (AvgIpc) is 3.62. The zero-order valence-corrected chi connectivity index (χ0v) is 23.7. The number of primary amides is 1. The highest BCUT2D eigenvalue weighted by atomic mass is 31.3. The Morgan fingerprint density at radius 3 is 2.47 bits per heavy atom. The summed E-state index contributed by atoms with van der Waals surface area (Å²) < 4.78 is 52.5. The van der Waals surface area contributed by atoms with Gasteiger partial charge in [-0.15, -0.1) is 0 Å². The lowest BCUT2D eigenvalue weighted by Gasteiger charge is -2.20. The summed E-state index contributed by atoms with van der Waals surface area (Å²) in [6.07, 6.45) is -3.66. The van der Waals surface area contributed by atoms with E-state index in [9.17, 15) is 39.0 Å². The molecule has 3 aromatic heterocycles. The van der Waals surface area contributed by atoms with Crippen LogP contribution in [0.25, 0.3) is 11.2 Å². The van der Waals surface area contributed by atoms with Gasteiger partial charge in [-0.1, -0.05) is 0 Å². The molecule has 20 nitrogen and oxygen atoms in total. The molecule has 5 heterocycles. The zero-order chi connectivity index (χ0) is 31.1. The van der Waals surface area contributed by atoms with Crippen LogP contribution in [0.1, 0.15) is 29.2 Å². The number of carbonyl (C=O) groups excluding carboxylic acids is 1. The van der Waals surface area contributed by atoms with Gasteiger partial charge in [0.15, 0.2) is 30.0 Å². The summed E-state index contributed by atoms with van der Waals surface area (Å²) in [6.45, 7) is -1.59. The molecule has 9 atom stereocenters. The summed E-state index contributed by atoms with van der Waals surface area (Å²) >= 11 is 0. The standard InChI is InChI=1S/C21H27N7O13P2/c22-18-15-20(25-8-24-18)28(9-26-15)14-4-11(29)12(39-14)6-37-42(33,34)41-43(35,36)38-7-13-16(30)17(31)21(40-13)27-3-1-2-10(5-27)19(23)32/h1-3,5,8-9,11-14,16-17,21,29-31H,4,6-7H2,(H5-,22,23,24,25,32,33,34,35,36)/p+1/t11-,12+,13+,14+,16+,17+,21+/m0/s1. The normalized spacial score (nSPS) is 30.3. The molecule has 2 aliphatic heterocycles. The molecule has 2 saturated heterocycles. The first kappa shape index (κ1) is 31.5. The van der Waals surface area contributed by atoms with Crippen LogP contribution < -0.4 is 16.0 Å². The van der Waals surface area contributed by atoms with E-state index in [1.807, 2.05) is 0 Å². The number of imidazole rings is 1. The maximum Gasteiger partial charge on any atom is 0.481 e. The average molecular weight is 648 g/mol. The van der Waals surface area contributed by atoms with Crippen LogP contribution in [0.4, 0.5) is 5.82 Å². The number of nitrogen functional groups attached to an aromatic ring is 1. The first-order valence-electron chi connectivity index (χ1n) is 12.5. The molecule has 1 amide bonds. The molecular formula is C21H28N7O13P2+. The van der Waals surface area contributed by atoms with Gasteiger partial charge in [-0.05, 0) is 6.07 Å². The molecule has 234 valence electrons. The maximum atomic E-state index is 12.4. The Morgan fingerprint density at radius 1 is 1.07 bits per heavy atom. The van der Waals surface area contributed by atoms with E-state index >= 15 is 0 Å². The maximum absolute atomic E-state index is 12.4. The van der Waals surface area contributed by atoms with E-state index in [-0.39, 0.29) is 17.8 Å². The quantitative estimate of drug-likeness (QED) is 0.0874. The lowest BCUT2D eigenvalue weighted by Crippen LogP contribution is -2.46. The third-order valence-corrected chi connectivity index (χ3v) is 9.25. The number of pyridine rings is 1. The molecule has 2 unspecified atom stereocenters. The van der Waals surface area contributed by atoms with E-state index in [1.54, 1.807) is 0 Å². The number of phosphoric ester groups is 2. The molecule has 43 heavy (non-hydrogen) atoms. The van der Waals surface area contributed by atoms with Gasteiger partial charge in [-0.25, -0.2) is 24.1 Å². The molecule has 2 fully saturated rings. The SMILES string of the molecule is NC(=O)c1ccc[n+]([C@@H]2O[C@H](COP(=O)(O)OP(=O)(O)OC[C@H]3O[C@@H](n4cnc5c(N)ncnc54)C[C@@H]3O)[C@@H](O)[C@H]2O)c1. The van der Waals surface area contributed by atoms with Crippen LogP contribution in [0.2, 0.25) is 0 Å². The van der Waals surface area contributed by atoms with Gasteiger partial charge in [0.2, 0.25) is 0 Å². The van der Waals surface area contributed by atoms with Gasteiger partial charge in [0.25, 0.3) is 12.1 Å². The molecule has 0 bridgehead atoms. The number of amides is 1. The summed E-state index contributed by atoms with van der Waals surface area (Å²) in [4.78, 5) is 43.5. The minimum atomic E-state index is -5.31. The Balaban J connectivity index is 1.14. The topological polar surface area (TPSA) is 298 Å². The molecule has 0 aromatic carbocycles. The molecule has 0 aliphatic carbocycles. The number of fused-ring (bicyclic) bond motifs is 1. The van der Waals surface area contributed by atoms with Crippen LogP contribution in [0.15, 0.2) is 37.2 Å². The third kappa shape index (κ3) is 6.91. The summed E-state index contributed by atoms with van der Waals surface area (Å²) in [5.74, 6) is -0.618. The highest BCUT2D eigenvalue weighted by Crippen LogP contribution is 2.60. The van der Waals surface area contributed by atoms with Crippen molar-refractivity contribution in [2.24, 2.45) is 5.73 Å². The van der Waals surface area contributed by atoms with E-state index in [0.29, 0.717) is 11.2 Å². The minimum absolute atomic E-state index is 0.0171. The smallest absolute Gasteiger partial charge is 0.390 e. The van der Waals surface area contributed by atoms with Crippen molar-refractivity contribution in [1.82, 2.24) is 19.5 Å². The molecule has 22 heteroatoms. The number of hydrogen-bond acceptors (Lipinski definition) is 15. The van der Waals surface area contributed by atoms with Crippen LogP contribution in [-0.2, 0) is 32.0 Å². The predicted octanol–water partition coefficient (Wildman–Crippen LogP) is -1.99. The first-order valence-corrected chi connectivity index (χ1v) is 15.5. The summed E-state index contributed by atoms with van der Waals surface area (Å²) in [5, 5.41) is 31.1. The third-order valence-electron chi connectivity index (χ3n) is 6.65. The van der Waals surface area contributed by atoms with Crippen molar-refractivity contribution in [2.45, 2.75) is 49.4 Å². The lowest BCUT2D eigenvalue weighted by atomic mass is 10.1. The van der Waals surface area contributed by atoms with E-state index in [4.69, 9.17) is 30.0 Å². The van der Waals surface area contributed by atoms with Gasteiger partial charge in [-0.2, -0.15) is 8.88 Å². The van der Waals surface area contributed by atoms with Crippen molar-refractivity contribution in [2.75, 3.05) is 18.9 Å². The van der Waals surface area contributed by atoms with Gasteiger partial charge in [0.05, 0.1) is 25.6 Å². The van der Waals surface area contributed by atoms with Gasteiger partial charge in [-0.3, -0.25) is 18.4 Å². The number of phosphoric acid groups is 2. The van der Waals surface area contributed by atoms with Crippen LogP contribution in [0.5, 0.6) is 0 Å². The van der Waals surface area contributed by atoms with Crippen LogP contribution in [-0.4, -0.2) is 94.3 Å². The number of ether oxygens (including phenoxy) is 2.